The lowest BCUT2D eigenvalue weighted by molar-refractivity contribution is -0.145. The summed E-state index contributed by atoms with van der Waals surface area (Å²) in [5.74, 6) is 0.542. The van der Waals surface area contributed by atoms with Crippen molar-refractivity contribution in [2.24, 2.45) is 0 Å². The summed E-state index contributed by atoms with van der Waals surface area (Å²) in [5.41, 5.74) is 0. The van der Waals surface area contributed by atoms with Gasteiger partial charge in [-0.2, -0.15) is 0 Å². The molecule has 0 atom stereocenters. The number of hydrogen-bond donors (Lipinski definition) is 0. The first-order chi connectivity index (χ1) is 13.7. The van der Waals surface area contributed by atoms with Crippen molar-refractivity contribution in [1.82, 2.24) is 0 Å². The minimum atomic E-state index is -0.164. The van der Waals surface area contributed by atoms with Gasteiger partial charge in [0.05, 0.1) is 6.61 Å². The molecule has 0 aliphatic rings. The highest BCUT2D eigenvalue weighted by Crippen LogP contribution is 2.10. The summed E-state index contributed by atoms with van der Waals surface area (Å²) in [4.78, 5) is 23.2. The van der Waals surface area contributed by atoms with Gasteiger partial charge < -0.3 is 14.2 Å². The number of esters is 2. The first kappa shape index (κ1) is 24.0. The molecule has 0 radical (unpaired) electrons. The highest BCUT2D eigenvalue weighted by Gasteiger charge is 2.04. The monoisotopic (exact) mass is 392 g/mol. The Balaban J connectivity index is 1.83. The fraction of sp³-hybridized carbons (Fsp3) is 0.652. The van der Waals surface area contributed by atoms with Crippen LogP contribution in [0.2, 0.25) is 0 Å². The van der Waals surface area contributed by atoms with Crippen molar-refractivity contribution in [3.63, 3.8) is 0 Å². The SMILES string of the molecule is CCCCCOC(=O)CCCCCCCCC(=O)OCCOc1ccccc1. The molecule has 0 bridgehead atoms. The lowest BCUT2D eigenvalue weighted by Gasteiger charge is -2.07. The van der Waals surface area contributed by atoms with Crippen molar-refractivity contribution in [1.29, 1.82) is 0 Å². The fourth-order valence-electron chi connectivity index (χ4n) is 2.76. The van der Waals surface area contributed by atoms with E-state index in [-0.39, 0.29) is 18.5 Å². The molecule has 0 N–H and O–H groups in total. The molecule has 0 heterocycles. The van der Waals surface area contributed by atoms with Crippen LogP contribution in [0.3, 0.4) is 0 Å². The Kier molecular flexibility index (Phi) is 14.6. The van der Waals surface area contributed by atoms with E-state index < -0.39 is 0 Å². The molecule has 5 nitrogen and oxygen atoms in total. The zero-order valence-electron chi connectivity index (χ0n) is 17.3. The maximum Gasteiger partial charge on any atom is 0.305 e. The molecule has 28 heavy (non-hydrogen) atoms. The van der Waals surface area contributed by atoms with Crippen LogP contribution < -0.4 is 4.74 Å². The maximum absolute atomic E-state index is 11.7. The number of hydrogen-bond acceptors (Lipinski definition) is 5. The number of benzene rings is 1. The Hall–Kier alpha value is -2.04. The number of rotatable bonds is 17. The molecule has 5 heteroatoms. The van der Waals surface area contributed by atoms with Crippen LogP contribution in [0.4, 0.5) is 0 Å². The third kappa shape index (κ3) is 14.1. The van der Waals surface area contributed by atoms with E-state index in [9.17, 15) is 9.59 Å². The van der Waals surface area contributed by atoms with Crippen molar-refractivity contribution in [2.45, 2.75) is 77.6 Å². The van der Waals surface area contributed by atoms with Gasteiger partial charge in [0.2, 0.25) is 0 Å². The molecule has 0 aliphatic heterocycles. The van der Waals surface area contributed by atoms with E-state index >= 15 is 0 Å². The van der Waals surface area contributed by atoms with E-state index in [4.69, 9.17) is 14.2 Å². The largest absolute Gasteiger partial charge is 0.490 e. The van der Waals surface area contributed by atoms with E-state index in [1.807, 2.05) is 30.3 Å². The van der Waals surface area contributed by atoms with Gasteiger partial charge in [-0.1, -0.05) is 63.6 Å². The van der Waals surface area contributed by atoms with E-state index in [1.54, 1.807) is 0 Å². The molecule has 1 aromatic rings. The molecule has 1 aromatic carbocycles. The van der Waals surface area contributed by atoms with E-state index in [2.05, 4.69) is 6.92 Å². The molecule has 0 saturated carbocycles. The first-order valence-electron chi connectivity index (χ1n) is 10.7. The summed E-state index contributed by atoms with van der Waals surface area (Å²) in [5, 5.41) is 0. The van der Waals surface area contributed by atoms with Crippen molar-refractivity contribution in [3.8, 4) is 5.75 Å². The Labute approximate surface area is 169 Å². The van der Waals surface area contributed by atoms with Crippen LogP contribution in [-0.2, 0) is 19.1 Å². The average molecular weight is 393 g/mol. The lowest BCUT2D eigenvalue weighted by atomic mass is 10.1. The topological polar surface area (TPSA) is 61.8 Å². The van der Waals surface area contributed by atoms with Gasteiger partial charge in [0, 0.05) is 12.8 Å². The van der Waals surface area contributed by atoms with Gasteiger partial charge in [-0.3, -0.25) is 9.59 Å². The van der Waals surface area contributed by atoms with Crippen LogP contribution >= 0.6 is 0 Å². The van der Waals surface area contributed by atoms with Gasteiger partial charge in [0.15, 0.2) is 0 Å². The van der Waals surface area contributed by atoms with Crippen LogP contribution in [0.1, 0.15) is 77.6 Å². The Bertz CT molecular complexity index is 515. The van der Waals surface area contributed by atoms with Crippen LogP contribution in [0, 0.1) is 0 Å². The van der Waals surface area contributed by atoms with Crippen LogP contribution in [-0.4, -0.2) is 31.8 Å². The minimum absolute atomic E-state index is 0.0740. The van der Waals surface area contributed by atoms with Gasteiger partial charge in [-0.25, -0.2) is 0 Å². The zero-order valence-corrected chi connectivity index (χ0v) is 17.3. The van der Waals surface area contributed by atoms with Crippen molar-refractivity contribution >= 4 is 11.9 Å². The summed E-state index contributed by atoms with van der Waals surface area (Å²) in [6, 6.07) is 9.48. The number of ether oxygens (including phenoxy) is 3. The molecule has 0 saturated heterocycles. The predicted octanol–water partition coefficient (Wildman–Crippen LogP) is 5.46. The molecule has 0 aliphatic carbocycles. The summed E-state index contributed by atoms with van der Waals surface area (Å²) >= 11 is 0. The standard InChI is InChI=1S/C23H36O5/c1-2-3-13-18-27-22(24)16-11-6-4-5-7-12-17-23(25)28-20-19-26-21-14-9-8-10-15-21/h8-10,14-15H,2-7,11-13,16-20H2,1H3. The van der Waals surface area contributed by atoms with Gasteiger partial charge in [0.25, 0.3) is 0 Å². The molecule has 0 unspecified atom stereocenters. The van der Waals surface area contributed by atoms with Crippen molar-refractivity contribution < 1.29 is 23.8 Å². The minimum Gasteiger partial charge on any atom is -0.490 e. The molecule has 0 fully saturated rings. The maximum atomic E-state index is 11.7. The third-order valence-corrected chi connectivity index (χ3v) is 4.38. The van der Waals surface area contributed by atoms with E-state index in [0.29, 0.717) is 26.1 Å². The van der Waals surface area contributed by atoms with E-state index in [0.717, 1.165) is 63.5 Å². The fourth-order valence-corrected chi connectivity index (χ4v) is 2.76. The Morgan fingerprint density at radius 1 is 0.679 bits per heavy atom. The third-order valence-electron chi connectivity index (χ3n) is 4.38. The lowest BCUT2D eigenvalue weighted by Crippen LogP contribution is -2.11. The quantitative estimate of drug-likeness (QED) is 0.260. The molecule has 0 spiro atoms. The summed E-state index contributed by atoms with van der Waals surface area (Å²) in [6.45, 7) is 3.34. The molecular weight excluding hydrogens is 356 g/mol. The molecule has 0 aromatic heterocycles. The van der Waals surface area contributed by atoms with Crippen molar-refractivity contribution in [2.75, 3.05) is 19.8 Å². The van der Waals surface area contributed by atoms with Crippen LogP contribution in [0.25, 0.3) is 0 Å². The van der Waals surface area contributed by atoms with Crippen molar-refractivity contribution in [3.05, 3.63) is 30.3 Å². The summed E-state index contributed by atoms with van der Waals surface area (Å²) < 4.78 is 15.8. The summed E-state index contributed by atoms with van der Waals surface area (Å²) in [7, 11) is 0. The molecule has 1 rings (SSSR count). The second-order valence-electron chi connectivity index (χ2n) is 6.93. The van der Waals surface area contributed by atoms with E-state index in [1.165, 1.54) is 0 Å². The highest BCUT2D eigenvalue weighted by atomic mass is 16.6. The number of carbonyl (C=O) groups excluding carboxylic acids is 2. The van der Waals surface area contributed by atoms with Gasteiger partial charge in [-0.15, -0.1) is 0 Å². The summed E-state index contributed by atoms with van der Waals surface area (Å²) in [6.07, 6.45) is 10.1. The molecule has 0 amide bonds. The molecular formula is C23H36O5. The number of unbranched alkanes of at least 4 members (excludes halogenated alkanes) is 7. The van der Waals surface area contributed by atoms with Gasteiger partial charge in [0.1, 0.15) is 19.0 Å². The van der Waals surface area contributed by atoms with Gasteiger partial charge >= 0.3 is 11.9 Å². The Morgan fingerprint density at radius 2 is 1.25 bits per heavy atom. The second-order valence-corrected chi connectivity index (χ2v) is 6.93. The highest BCUT2D eigenvalue weighted by molar-refractivity contribution is 5.69. The normalized spacial score (nSPS) is 10.5. The average Bonchev–Trinajstić information content (AvgIpc) is 2.71. The molecule has 158 valence electrons. The van der Waals surface area contributed by atoms with Crippen LogP contribution in [0.5, 0.6) is 5.75 Å². The number of carbonyl (C=O) groups is 2. The predicted molar refractivity (Wildman–Crippen MR) is 110 cm³/mol. The second kappa shape index (κ2) is 17.1. The zero-order chi connectivity index (χ0) is 20.3. The van der Waals surface area contributed by atoms with Crippen LogP contribution in [0.15, 0.2) is 30.3 Å². The number of para-hydroxylation sites is 1. The Morgan fingerprint density at radius 3 is 1.86 bits per heavy atom. The van der Waals surface area contributed by atoms with Gasteiger partial charge in [-0.05, 0) is 31.4 Å². The smallest absolute Gasteiger partial charge is 0.305 e. The first-order valence-corrected chi connectivity index (χ1v) is 10.7.